The third-order valence-corrected chi connectivity index (χ3v) is 18.9. The van der Waals surface area contributed by atoms with E-state index in [2.05, 4.69) is 55.8 Å². The minimum Gasteiger partial charge on any atom is -0.484 e. The number of aromatic nitrogens is 12. The zero-order valence-electron chi connectivity index (χ0n) is 56.6. The van der Waals surface area contributed by atoms with Gasteiger partial charge >= 0.3 is 48.0 Å². The minimum absolute atomic E-state index is 0.000403. The molecule has 7 N–H and O–H groups in total. The number of ether oxygens (including phenoxy) is 8. The van der Waals surface area contributed by atoms with Crippen LogP contribution in [0.4, 0.5) is 17.6 Å². The van der Waals surface area contributed by atoms with Crippen LogP contribution in [0, 0.1) is 18.3 Å². The van der Waals surface area contributed by atoms with Gasteiger partial charge in [-0.3, -0.25) is 52.5 Å². The number of aliphatic hydroxyl groups is 1. The maximum Gasteiger partial charge on any atom is 0.697 e. The van der Waals surface area contributed by atoms with Gasteiger partial charge in [-0.2, -0.15) is 20.2 Å². The monoisotopic (exact) mass is 1560 g/mol. The molecule has 0 saturated carbocycles. The van der Waals surface area contributed by atoms with E-state index in [1.165, 1.54) is 54.1 Å². The number of nitrogens with two attached hydrogens (primary N) is 1. The molecule has 4 aliphatic rings. The van der Waals surface area contributed by atoms with E-state index >= 15 is 0 Å². The number of primary amides is 1. The van der Waals surface area contributed by atoms with Crippen molar-refractivity contribution in [2.24, 2.45) is 5.73 Å². The van der Waals surface area contributed by atoms with E-state index in [9.17, 15) is 62.4 Å². The van der Waals surface area contributed by atoms with Gasteiger partial charge in [-0.25, -0.2) is 34.3 Å². The molecular formula is C62H65N17O26P3+3. The van der Waals surface area contributed by atoms with E-state index in [0.29, 0.717) is 11.5 Å². The molecule has 15 atom stereocenters. The number of nitriles is 1. The number of nitrogens with zero attached hydrogens (tertiary/aromatic N) is 12. The van der Waals surface area contributed by atoms with Crippen LogP contribution in [0.1, 0.15) is 69.5 Å². The molecule has 2 aromatic carbocycles. The molecule has 4 aliphatic heterocycles. The largest absolute Gasteiger partial charge is 0.697 e. The molecule has 6 aromatic heterocycles. The smallest absolute Gasteiger partial charge is 0.484 e. The molecule has 4 fully saturated rings. The summed E-state index contributed by atoms with van der Waals surface area (Å²) in [6.45, 7) is -1.03. The molecule has 10 heterocycles. The van der Waals surface area contributed by atoms with E-state index in [1.807, 2.05) is 6.07 Å². The second kappa shape index (κ2) is 35.3. The summed E-state index contributed by atoms with van der Waals surface area (Å²) in [6, 6.07) is 20.3. The lowest BCUT2D eigenvalue weighted by Gasteiger charge is -2.16. The first-order chi connectivity index (χ1) is 52.1. The highest BCUT2D eigenvalue weighted by molar-refractivity contribution is 7.33. The van der Waals surface area contributed by atoms with Gasteiger partial charge in [0.1, 0.15) is 124 Å². The zero-order valence-corrected chi connectivity index (χ0v) is 59.3. The number of H-pyrrole nitrogens is 1. The number of imidazole rings is 2. The van der Waals surface area contributed by atoms with Crippen molar-refractivity contribution in [1.29, 1.82) is 5.26 Å². The summed E-state index contributed by atoms with van der Waals surface area (Å²) >= 11 is 0. The summed E-state index contributed by atoms with van der Waals surface area (Å²) in [5, 5.41) is 27.2. The minimum atomic E-state index is -3.29. The van der Waals surface area contributed by atoms with Crippen LogP contribution in [0.5, 0.6) is 17.4 Å². The fourth-order valence-electron chi connectivity index (χ4n) is 11.5. The molecule has 43 nitrogen and oxygen atoms in total. The van der Waals surface area contributed by atoms with Crippen LogP contribution >= 0.6 is 24.8 Å². The van der Waals surface area contributed by atoms with Crippen molar-refractivity contribution in [3.05, 3.63) is 135 Å². The van der Waals surface area contributed by atoms with E-state index < -0.39 is 185 Å². The SMILES string of the molecule is CC(=O)Nc1ccn([C@H]2CC(O[P+](=O)OC[C@H]3O[C@@H](n4cnc5c(NC(=O)COc6ccccc6)ncnc54)CC3O[P+](=O)OC[C@H]3O[C@@H](n4cnc5c(OCCC#N)nc(NC(=O)COc6ccccc6)nc54)CC3O[P+](=O)OC[C@H]3O[C@@H](n4cc(C)c(=O)[nH]c4=O)CC3OC(=O)C(N)=O)[C@@H](CO)O2)c(=O)n1. The maximum atomic E-state index is 14.4. The average molecular weight is 1560 g/mol. The summed E-state index contributed by atoms with van der Waals surface area (Å²) in [7, 11) is -9.71. The number of aryl methyl sites for hydroxylation is 1. The number of fused-ring (bicyclic) bond motifs is 2. The molecule has 108 heavy (non-hydrogen) atoms. The van der Waals surface area contributed by atoms with Crippen molar-refractivity contribution < 1.29 is 108 Å². The van der Waals surface area contributed by atoms with Crippen molar-refractivity contribution in [2.75, 3.05) is 62.2 Å². The van der Waals surface area contributed by atoms with Gasteiger partial charge in [0, 0.05) is 64.3 Å². The molecule has 0 bridgehead atoms. The Bertz CT molecular complexity index is 4910. The van der Waals surface area contributed by atoms with Crippen LogP contribution in [0.25, 0.3) is 22.3 Å². The second-order valence-corrected chi connectivity index (χ2v) is 26.6. The summed E-state index contributed by atoms with van der Waals surface area (Å²) in [5.41, 5.74) is 3.14. The number of esters is 1. The number of carbonyl (C=O) groups excluding carboxylic acids is 5. The van der Waals surface area contributed by atoms with Gasteiger partial charge in [0.2, 0.25) is 17.7 Å². The third kappa shape index (κ3) is 19.1. The molecule has 0 spiro atoms. The first-order valence-electron chi connectivity index (χ1n) is 32.7. The number of amides is 4. The first-order valence-corrected chi connectivity index (χ1v) is 36.0. The van der Waals surface area contributed by atoms with Crippen LogP contribution in [0.2, 0.25) is 0 Å². The molecule has 4 saturated heterocycles. The van der Waals surface area contributed by atoms with E-state index in [4.69, 9.17) is 70.8 Å². The van der Waals surface area contributed by atoms with Crippen LogP contribution < -0.4 is 52.8 Å². The molecule has 0 aliphatic carbocycles. The molecule has 0 radical (unpaired) electrons. The predicted octanol–water partition coefficient (Wildman–Crippen LogP) is 2.78. The number of para-hydroxylation sites is 2. The normalized spacial score (nSPS) is 22.8. The van der Waals surface area contributed by atoms with Crippen molar-refractivity contribution in [2.45, 2.75) is 120 Å². The Balaban J connectivity index is 0.780. The lowest BCUT2D eigenvalue weighted by Crippen LogP contribution is -2.35. The van der Waals surface area contributed by atoms with Crippen LogP contribution in [-0.2, 0) is 88.5 Å². The quantitative estimate of drug-likeness (QED) is 0.0149. The second-order valence-electron chi connectivity index (χ2n) is 23.9. The molecule has 12 rings (SSSR count). The lowest BCUT2D eigenvalue weighted by molar-refractivity contribution is -0.160. The summed E-state index contributed by atoms with van der Waals surface area (Å²) < 4.78 is 129. The Kier molecular flexibility index (Phi) is 25.1. The van der Waals surface area contributed by atoms with Crippen molar-refractivity contribution >= 4 is 94.3 Å². The number of rotatable bonds is 33. The Labute approximate surface area is 609 Å². The fraction of sp³-hybridized carbons (Fsp3) is 0.419. The number of aliphatic hydroxyl groups excluding tert-OH is 1. The molecule has 4 amide bonds. The van der Waals surface area contributed by atoms with Crippen molar-refractivity contribution in [3.63, 3.8) is 0 Å². The van der Waals surface area contributed by atoms with Gasteiger partial charge in [0.15, 0.2) is 41.4 Å². The van der Waals surface area contributed by atoms with Gasteiger partial charge in [-0.1, -0.05) is 36.4 Å². The number of anilines is 3. The molecular weight excluding hydrogens is 1490 g/mol. The van der Waals surface area contributed by atoms with Gasteiger partial charge in [0.25, 0.3) is 17.4 Å². The number of carbonyl (C=O) groups is 5. The van der Waals surface area contributed by atoms with Crippen LogP contribution in [0.15, 0.2) is 112 Å². The molecule has 46 heteroatoms. The standard InChI is InChI=1S/C62H62N17O26P3/c1-32-22-77(62(88)74-57(32)85)48-18-36(102-59(86)53(64)84)41(99-48)24-95-107(90)105-39-21-50(79-31-68-52-56(79)73-60(75-58(52)92-17-9-15-63)72-46(83)28-94-35-12-7-4-8-13-35)101-43(39)26-97-108(91)104-38-20-49(78-30-67-51-54(65-29-66-55(51)78)71-45(82)27-93-34-10-5-3-6-11-34)100-42(38)25-96-106(89)103-37-19-47(98-40(37)23-80)76-16-14-44(69-33(2)81)70-61(76)87/h3-8,10-14,16,22,29-31,36-43,47-50,80H,9,17-21,23-28H2,1-2H3,(H3-3,64,65,66,69,70,71,72,73,74,75,81,82,83,84,85,87,88)/p+3/t36?,37?,38?,39?,40-,41-,42-,43-,47-,48-,49-,50-/m1/s1. The van der Waals surface area contributed by atoms with E-state index in [0.717, 1.165) is 15.5 Å². The Morgan fingerprint density at radius 1 is 0.639 bits per heavy atom. The maximum absolute atomic E-state index is 14.4. The van der Waals surface area contributed by atoms with Gasteiger partial charge in [0.05, 0.1) is 31.8 Å². The summed E-state index contributed by atoms with van der Waals surface area (Å²) in [5.74, 6) is -4.36. The predicted molar refractivity (Wildman–Crippen MR) is 362 cm³/mol. The Hall–Kier alpha value is -10.8. The van der Waals surface area contributed by atoms with Crippen molar-refractivity contribution in [1.82, 2.24) is 58.1 Å². The number of aromatic amines is 1. The number of benzene rings is 2. The molecule has 7 unspecified atom stereocenters. The van der Waals surface area contributed by atoms with E-state index in [-0.39, 0.29) is 90.1 Å². The number of hydrogen-bond acceptors (Lipinski definition) is 34. The topological polar surface area (TPSA) is 549 Å². The third-order valence-electron chi connectivity index (χ3n) is 16.5. The summed E-state index contributed by atoms with van der Waals surface area (Å²) in [4.78, 5) is 133. The highest BCUT2D eigenvalue weighted by Crippen LogP contribution is 2.45. The average Bonchev–Trinajstić information content (AvgIpc) is 1.63. The number of hydrogen-bond donors (Lipinski definition) is 6. The van der Waals surface area contributed by atoms with Crippen LogP contribution in [-0.4, -0.2) is 188 Å². The van der Waals surface area contributed by atoms with Crippen molar-refractivity contribution in [3.8, 4) is 23.4 Å². The Morgan fingerprint density at radius 2 is 1.17 bits per heavy atom. The highest BCUT2D eigenvalue weighted by Gasteiger charge is 2.51. The first kappa shape index (κ1) is 76.8. The summed E-state index contributed by atoms with van der Waals surface area (Å²) in [6.07, 6.45) is -9.62. The van der Waals surface area contributed by atoms with E-state index in [1.54, 1.807) is 60.7 Å². The highest BCUT2D eigenvalue weighted by atomic mass is 31.1. The van der Waals surface area contributed by atoms with Gasteiger partial charge < -0.3 is 59.4 Å². The lowest BCUT2D eigenvalue weighted by atomic mass is 10.2. The van der Waals surface area contributed by atoms with Gasteiger partial charge in [-0.15, -0.1) is 27.1 Å². The molecule has 566 valence electrons. The molecule has 8 aromatic rings. The fourth-order valence-corrected chi connectivity index (χ4v) is 13.8. The Morgan fingerprint density at radius 3 is 1.73 bits per heavy atom. The zero-order chi connectivity index (χ0) is 76.1. The number of nitrogens with one attached hydrogen (secondary N) is 4. The van der Waals surface area contributed by atoms with Crippen LogP contribution in [0.3, 0.4) is 0 Å². The van der Waals surface area contributed by atoms with Gasteiger partial charge in [-0.05, 0) is 37.3 Å².